The van der Waals surface area contributed by atoms with E-state index in [-0.39, 0.29) is 16.1 Å². The van der Waals surface area contributed by atoms with Crippen LogP contribution in [0.15, 0.2) is 58.6 Å². The second-order valence-electron chi connectivity index (χ2n) is 8.14. The number of carbonyl (C=O) groups is 1. The number of nitrogens with zero attached hydrogens (tertiary/aromatic N) is 3. The summed E-state index contributed by atoms with van der Waals surface area (Å²) in [6.45, 7) is 7.94. The molecule has 1 saturated heterocycles. The van der Waals surface area contributed by atoms with Crippen LogP contribution in [0.25, 0.3) is 0 Å². The molecule has 2 aromatic rings. The molecule has 1 fully saturated rings. The summed E-state index contributed by atoms with van der Waals surface area (Å²) in [6.07, 6.45) is 4.50. The van der Waals surface area contributed by atoms with Gasteiger partial charge < -0.3 is 4.90 Å². The lowest BCUT2D eigenvalue weighted by atomic mass is 9.90. The number of hydrogen-bond acceptors (Lipinski definition) is 5. The van der Waals surface area contributed by atoms with Crippen LogP contribution < -0.4 is 0 Å². The highest BCUT2D eigenvalue weighted by Gasteiger charge is 2.27. The number of aromatic nitrogens is 1. The first-order valence-corrected chi connectivity index (χ1v) is 13.6. The van der Waals surface area contributed by atoms with Gasteiger partial charge in [-0.3, -0.25) is 4.79 Å². The highest BCUT2D eigenvalue weighted by molar-refractivity contribution is 8.00. The molecule has 0 spiro atoms. The van der Waals surface area contributed by atoms with Crippen molar-refractivity contribution in [2.24, 2.45) is 5.92 Å². The van der Waals surface area contributed by atoms with Crippen LogP contribution in [0.1, 0.15) is 39.2 Å². The van der Waals surface area contributed by atoms with Crippen LogP contribution in [-0.4, -0.2) is 59.9 Å². The Balaban J connectivity index is 1.52. The van der Waals surface area contributed by atoms with E-state index in [1.165, 1.54) is 27.8 Å². The number of thioether (sulfide) groups is 1. The molecule has 1 unspecified atom stereocenters. The number of amides is 1. The van der Waals surface area contributed by atoms with Crippen LogP contribution in [0.4, 0.5) is 0 Å². The Morgan fingerprint density at radius 3 is 2.34 bits per heavy atom. The Labute approximate surface area is 196 Å². The van der Waals surface area contributed by atoms with Gasteiger partial charge in [-0.05, 0) is 49.8 Å². The van der Waals surface area contributed by atoms with Crippen LogP contribution >= 0.6 is 11.8 Å². The van der Waals surface area contributed by atoms with Gasteiger partial charge in [-0.15, -0.1) is 0 Å². The number of likely N-dealkylation sites (tertiary alicyclic amines) is 1. The summed E-state index contributed by atoms with van der Waals surface area (Å²) in [4.78, 5) is 19.4. The van der Waals surface area contributed by atoms with E-state index in [0.717, 1.165) is 32.4 Å². The smallest absolute Gasteiger partial charge is 0.244 e. The van der Waals surface area contributed by atoms with Gasteiger partial charge >= 0.3 is 0 Å². The van der Waals surface area contributed by atoms with Crippen LogP contribution in [0.5, 0.6) is 0 Å². The standard InChI is InChI=1S/C24H33N3O3S2/c1-4-27(5-2)32(29,30)22-11-12-23(25-18-22)31-19(3)24(28)26-15-13-21(14-16-26)17-20-9-7-6-8-10-20/h6-12,18-19,21H,4-5,13-17H2,1-3H3. The van der Waals surface area contributed by atoms with Crippen LogP contribution in [0.3, 0.4) is 0 Å². The van der Waals surface area contributed by atoms with E-state index in [0.29, 0.717) is 24.0 Å². The van der Waals surface area contributed by atoms with Gasteiger partial charge in [-0.2, -0.15) is 4.31 Å². The topological polar surface area (TPSA) is 70.6 Å². The highest BCUT2D eigenvalue weighted by atomic mass is 32.2. The van der Waals surface area contributed by atoms with E-state index >= 15 is 0 Å². The van der Waals surface area contributed by atoms with Crippen molar-refractivity contribution in [1.82, 2.24) is 14.2 Å². The molecular formula is C24H33N3O3S2. The van der Waals surface area contributed by atoms with Crippen molar-refractivity contribution < 1.29 is 13.2 Å². The average molecular weight is 476 g/mol. The van der Waals surface area contributed by atoms with Gasteiger partial charge in [-0.1, -0.05) is 55.9 Å². The van der Waals surface area contributed by atoms with Crippen molar-refractivity contribution in [3.8, 4) is 0 Å². The van der Waals surface area contributed by atoms with Gasteiger partial charge in [0.25, 0.3) is 0 Å². The summed E-state index contributed by atoms with van der Waals surface area (Å²) in [7, 11) is -3.52. The van der Waals surface area contributed by atoms with E-state index in [2.05, 4.69) is 29.2 Å². The lowest BCUT2D eigenvalue weighted by Crippen LogP contribution is -2.42. The SMILES string of the molecule is CCN(CC)S(=O)(=O)c1ccc(SC(C)C(=O)N2CCC(Cc3ccccc3)CC2)nc1. The van der Waals surface area contributed by atoms with Gasteiger partial charge in [0.05, 0.1) is 10.3 Å². The molecule has 6 nitrogen and oxygen atoms in total. The second-order valence-corrected chi connectivity index (χ2v) is 11.4. The van der Waals surface area contributed by atoms with Crippen molar-refractivity contribution in [3.05, 3.63) is 54.2 Å². The molecule has 0 bridgehead atoms. The maximum Gasteiger partial charge on any atom is 0.244 e. The molecule has 0 radical (unpaired) electrons. The van der Waals surface area contributed by atoms with Crippen molar-refractivity contribution in [2.75, 3.05) is 26.2 Å². The van der Waals surface area contributed by atoms with E-state index < -0.39 is 10.0 Å². The summed E-state index contributed by atoms with van der Waals surface area (Å²) in [6, 6.07) is 13.8. The Kier molecular flexibility index (Phi) is 8.73. The summed E-state index contributed by atoms with van der Waals surface area (Å²) in [5.74, 6) is 0.737. The molecule has 1 aromatic carbocycles. The molecule has 174 valence electrons. The Morgan fingerprint density at radius 2 is 1.78 bits per heavy atom. The van der Waals surface area contributed by atoms with E-state index in [9.17, 15) is 13.2 Å². The van der Waals surface area contributed by atoms with Crippen molar-refractivity contribution >= 4 is 27.7 Å². The van der Waals surface area contributed by atoms with Crippen LogP contribution in [-0.2, 0) is 21.2 Å². The fraction of sp³-hybridized carbons (Fsp3) is 0.500. The van der Waals surface area contributed by atoms with Gasteiger partial charge in [0.1, 0.15) is 4.90 Å². The van der Waals surface area contributed by atoms with Crippen LogP contribution in [0, 0.1) is 5.92 Å². The monoisotopic (exact) mass is 475 g/mol. The lowest BCUT2D eigenvalue weighted by Gasteiger charge is -2.33. The lowest BCUT2D eigenvalue weighted by molar-refractivity contribution is -0.131. The molecule has 2 heterocycles. The highest BCUT2D eigenvalue weighted by Crippen LogP contribution is 2.27. The van der Waals surface area contributed by atoms with Crippen molar-refractivity contribution in [2.45, 2.75) is 55.2 Å². The second kappa shape index (κ2) is 11.3. The molecule has 1 atom stereocenters. The molecule has 1 aromatic heterocycles. The zero-order valence-corrected chi connectivity index (χ0v) is 20.7. The summed E-state index contributed by atoms with van der Waals surface area (Å²) in [5, 5.41) is 0.390. The molecule has 1 aliphatic rings. The van der Waals surface area contributed by atoms with Crippen molar-refractivity contribution in [3.63, 3.8) is 0 Å². The number of sulfonamides is 1. The largest absolute Gasteiger partial charge is 0.342 e. The molecule has 32 heavy (non-hydrogen) atoms. The Hall–Kier alpha value is -1.90. The van der Waals surface area contributed by atoms with Gasteiger partial charge in [0.2, 0.25) is 15.9 Å². The summed E-state index contributed by atoms with van der Waals surface area (Å²) < 4.78 is 26.6. The minimum absolute atomic E-state index is 0.120. The predicted octanol–water partition coefficient (Wildman–Crippen LogP) is 4.07. The zero-order chi connectivity index (χ0) is 23.1. The molecule has 0 N–H and O–H groups in total. The average Bonchev–Trinajstić information content (AvgIpc) is 2.81. The first-order chi connectivity index (χ1) is 15.3. The predicted molar refractivity (Wildman–Crippen MR) is 129 cm³/mol. The van der Waals surface area contributed by atoms with E-state index in [4.69, 9.17) is 0 Å². The number of piperidine rings is 1. The number of rotatable bonds is 9. The minimum atomic E-state index is -3.52. The number of pyridine rings is 1. The summed E-state index contributed by atoms with van der Waals surface area (Å²) >= 11 is 1.38. The molecule has 1 amide bonds. The number of benzene rings is 1. The Bertz CT molecular complexity index is 969. The van der Waals surface area contributed by atoms with E-state index in [1.54, 1.807) is 12.1 Å². The third-order valence-corrected chi connectivity index (χ3v) is 9.06. The fourth-order valence-corrected chi connectivity index (χ4v) is 6.37. The van der Waals surface area contributed by atoms with Gasteiger partial charge in [0, 0.05) is 32.4 Å². The first kappa shape index (κ1) is 24.7. The van der Waals surface area contributed by atoms with Crippen molar-refractivity contribution in [1.29, 1.82) is 0 Å². The van der Waals surface area contributed by atoms with Gasteiger partial charge in [-0.25, -0.2) is 13.4 Å². The van der Waals surface area contributed by atoms with Gasteiger partial charge in [0.15, 0.2) is 0 Å². The molecule has 3 rings (SSSR count). The minimum Gasteiger partial charge on any atom is -0.342 e. The maximum atomic E-state index is 12.9. The quantitative estimate of drug-likeness (QED) is 0.511. The number of hydrogen-bond donors (Lipinski definition) is 0. The molecular weight excluding hydrogens is 442 g/mol. The Morgan fingerprint density at radius 1 is 1.12 bits per heavy atom. The zero-order valence-electron chi connectivity index (χ0n) is 19.1. The van der Waals surface area contributed by atoms with Crippen LogP contribution in [0.2, 0.25) is 0 Å². The number of carbonyl (C=O) groups excluding carboxylic acids is 1. The molecule has 1 aliphatic heterocycles. The first-order valence-electron chi connectivity index (χ1n) is 11.3. The summed E-state index contributed by atoms with van der Waals surface area (Å²) in [5.41, 5.74) is 1.36. The molecule has 0 aliphatic carbocycles. The normalized spacial score (nSPS) is 16.3. The fourth-order valence-electron chi connectivity index (χ4n) is 4.10. The molecule has 8 heteroatoms. The third kappa shape index (κ3) is 6.11. The maximum absolute atomic E-state index is 12.9. The van der Waals surface area contributed by atoms with E-state index in [1.807, 2.05) is 31.7 Å². The molecule has 0 saturated carbocycles. The third-order valence-electron chi connectivity index (χ3n) is 5.99.